The van der Waals surface area contributed by atoms with Gasteiger partial charge in [-0.3, -0.25) is 14.9 Å². The molecule has 108 valence electrons. The highest BCUT2D eigenvalue weighted by Crippen LogP contribution is 2.23. The summed E-state index contributed by atoms with van der Waals surface area (Å²) < 4.78 is 31.4. The Balaban J connectivity index is 2.26. The summed E-state index contributed by atoms with van der Waals surface area (Å²) in [5, 5.41) is 10.8. The molecule has 0 bridgehead atoms. The van der Waals surface area contributed by atoms with Gasteiger partial charge in [-0.25, -0.2) is 8.78 Å². The lowest BCUT2D eigenvalue weighted by molar-refractivity contribution is -0.385. The molecule has 0 aromatic heterocycles. The van der Waals surface area contributed by atoms with Crippen LogP contribution in [0.15, 0.2) is 36.4 Å². The zero-order valence-electron chi connectivity index (χ0n) is 10.6. The Bertz CT molecular complexity index is 703. The molecule has 0 aliphatic heterocycles. The van der Waals surface area contributed by atoms with Gasteiger partial charge in [-0.15, -0.1) is 0 Å². The van der Waals surface area contributed by atoms with Gasteiger partial charge in [0.2, 0.25) is 0 Å². The van der Waals surface area contributed by atoms with Gasteiger partial charge in [-0.1, -0.05) is 0 Å². The van der Waals surface area contributed by atoms with Crippen molar-refractivity contribution in [3.05, 3.63) is 69.3 Å². The van der Waals surface area contributed by atoms with E-state index in [-0.39, 0.29) is 29.2 Å². The average Bonchev–Trinajstić information content (AvgIpc) is 2.45. The molecule has 0 N–H and O–H groups in total. The molecule has 0 fully saturated rings. The van der Waals surface area contributed by atoms with Crippen LogP contribution in [0.2, 0.25) is 0 Å². The summed E-state index contributed by atoms with van der Waals surface area (Å²) in [5.74, 6) is -1.19. The molecule has 0 aliphatic carbocycles. The molecular formula is C14H9F2NO4. The average molecular weight is 293 g/mol. The van der Waals surface area contributed by atoms with E-state index in [9.17, 15) is 23.7 Å². The minimum atomic E-state index is -0.663. The molecule has 2 rings (SSSR count). The number of hydrogen-bond donors (Lipinski definition) is 0. The highest BCUT2D eigenvalue weighted by atomic mass is 19.1. The Morgan fingerprint density at radius 1 is 1.14 bits per heavy atom. The number of halogens is 2. The van der Waals surface area contributed by atoms with Crippen LogP contribution in [0, 0.1) is 21.7 Å². The van der Waals surface area contributed by atoms with E-state index in [2.05, 4.69) is 0 Å². The zero-order valence-corrected chi connectivity index (χ0v) is 10.6. The number of benzene rings is 2. The topological polar surface area (TPSA) is 69.4 Å². The first kappa shape index (κ1) is 14.6. The number of carbonyl (C=O) groups excluding carboxylic acids is 1. The molecule has 0 heterocycles. The standard InChI is InChI=1S/C14H9F2NO4/c15-11-1-3-13(17(19)20)10(6-11)8-21-14-4-2-12(16)5-9(14)7-18/h1-7H,8H2. The second kappa shape index (κ2) is 6.08. The third kappa shape index (κ3) is 3.38. The molecular weight excluding hydrogens is 284 g/mol. The predicted molar refractivity (Wildman–Crippen MR) is 69.2 cm³/mol. The number of nitrogens with zero attached hydrogens (tertiary/aromatic N) is 1. The number of hydrogen-bond acceptors (Lipinski definition) is 4. The van der Waals surface area contributed by atoms with E-state index in [1.165, 1.54) is 6.07 Å². The number of nitro benzene ring substituents is 1. The van der Waals surface area contributed by atoms with Crippen LogP contribution >= 0.6 is 0 Å². The van der Waals surface area contributed by atoms with E-state index in [0.29, 0.717) is 6.29 Å². The summed E-state index contributed by atoms with van der Waals surface area (Å²) in [6.45, 7) is -0.319. The molecule has 7 heteroatoms. The molecule has 0 atom stereocenters. The van der Waals surface area contributed by atoms with Crippen molar-refractivity contribution in [1.82, 2.24) is 0 Å². The van der Waals surface area contributed by atoms with Gasteiger partial charge in [0.05, 0.1) is 16.1 Å². The van der Waals surface area contributed by atoms with Crippen molar-refractivity contribution >= 4 is 12.0 Å². The quantitative estimate of drug-likeness (QED) is 0.482. The number of ether oxygens (including phenoxy) is 1. The van der Waals surface area contributed by atoms with Gasteiger partial charge in [0.15, 0.2) is 6.29 Å². The van der Waals surface area contributed by atoms with Crippen LogP contribution in [0.5, 0.6) is 5.75 Å². The van der Waals surface area contributed by atoms with Crippen LogP contribution in [0.1, 0.15) is 15.9 Å². The van der Waals surface area contributed by atoms with Gasteiger partial charge in [-0.2, -0.15) is 0 Å². The van der Waals surface area contributed by atoms with Crippen LogP contribution in [-0.2, 0) is 6.61 Å². The molecule has 21 heavy (non-hydrogen) atoms. The maximum absolute atomic E-state index is 13.2. The van der Waals surface area contributed by atoms with E-state index in [1.807, 2.05) is 0 Å². The number of carbonyl (C=O) groups is 1. The zero-order chi connectivity index (χ0) is 15.4. The molecule has 0 radical (unpaired) electrons. The number of rotatable bonds is 5. The molecule has 0 unspecified atom stereocenters. The van der Waals surface area contributed by atoms with Crippen LogP contribution in [0.3, 0.4) is 0 Å². The van der Waals surface area contributed by atoms with E-state index >= 15 is 0 Å². The minimum absolute atomic E-state index is 0.0150. The van der Waals surface area contributed by atoms with Crippen LogP contribution < -0.4 is 4.74 Å². The lowest BCUT2D eigenvalue weighted by Gasteiger charge is -2.09. The van der Waals surface area contributed by atoms with Gasteiger partial charge in [-0.05, 0) is 30.3 Å². The fourth-order valence-corrected chi connectivity index (χ4v) is 1.75. The highest BCUT2D eigenvalue weighted by molar-refractivity contribution is 5.79. The highest BCUT2D eigenvalue weighted by Gasteiger charge is 2.15. The van der Waals surface area contributed by atoms with Crippen LogP contribution in [0.25, 0.3) is 0 Å². The first-order valence-electron chi connectivity index (χ1n) is 5.81. The van der Waals surface area contributed by atoms with E-state index < -0.39 is 16.6 Å². The molecule has 0 saturated carbocycles. The SMILES string of the molecule is O=Cc1cc(F)ccc1OCc1cc(F)ccc1[N+](=O)[O-]. The van der Waals surface area contributed by atoms with Crippen molar-refractivity contribution in [1.29, 1.82) is 0 Å². The second-order valence-corrected chi connectivity index (χ2v) is 4.12. The van der Waals surface area contributed by atoms with Crippen molar-refractivity contribution in [3.8, 4) is 5.75 Å². The van der Waals surface area contributed by atoms with E-state index in [4.69, 9.17) is 4.74 Å². The normalized spacial score (nSPS) is 10.2. The van der Waals surface area contributed by atoms with Crippen molar-refractivity contribution < 1.29 is 23.2 Å². The third-order valence-electron chi connectivity index (χ3n) is 2.72. The van der Waals surface area contributed by atoms with Gasteiger partial charge in [0, 0.05) is 6.07 Å². The first-order valence-corrected chi connectivity index (χ1v) is 5.81. The van der Waals surface area contributed by atoms with Gasteiger partial charge in [0.25, 0.3) is 5.69 Å². The van der Waals surface area contributed by atoms with E-state index in [1.54, 1.807) is 0 Å². The molecule has 5 nitrogen and oxygen atoms in total. The molecule has 0 saturated heterocycles. The molecule has 0 amide bonds. The van der Waals surface area contributed by atoms with Crippen LogP contribution in [-0.4, -0.2) is 11.2 Å². The fraction of sp³-hybridized carbons (Fsp3) is 0.0714. The lowest BCUT2D eigenvalue weighted by atomic mass is 10.2. The fourth-order valence-electron chi connectivity index (χ4n) is 1.75. The number of nitro groups is 1. The summed E-state index contributed by atoms with van der Waals surface area (Å²) in [7, 11) is 0. The summed E-state index contributed by atoms with van der Waals surface area (Å²) >= 11 is 0. The third-order valence-corrected chi connectivity index (χ3v) is 2.72. The lowest BCUT2D eigenvalue weighted by Crippen LogP contribution is -2.03. The molecule has 0 spiro atoms. The summed E-state index contributed by atoms with van der Waals surface area (Å²) in [4.78, 5) is 21.0. The minimum Gasteiger partial charge on any atom is -0.488 e. The first-order chi connectivity index (χ1) is 10.0. The Morgan fingerprint density at radius 2 is 1.81 bits per heavy atom. The van der Waals surface area contributed by atoms with Crippen molar-refractivity contribution in [3.63, 3.8) is 0 Å². The summed E-state index contributed by atoms with van der Waals surface area (Å²) in [6.07, 6.45) is 0.401. The summed E-state index contributed by atoms with van der Waals surface area (Å²) in [5.41, 5.74) is -0.318. The monoisotopic (exact) mass is 293 g/mol. The van der Waals surface area contributed by atoms with Crippen molar-refractivity contribution in [2.24, 2.45) is 0 Å². The van der Waals surface area contributed by atoms with Crippen molar-refractivity contribution in [2.75, 3.05) is 0 Å². The Kier molecular flexibility index (Phi) is 4.22. The Morgan fingerprint density at radius 3 is 2.48 bits per heavy atom. The molecule has 2 aromatic rings. The summed E-state index contributed by atoms with van der Waals surface area (Å²) in [6, 6.07) is 6.26. The Hall–Kier alpha value is -2.83. The van der Waals surface area contributed by atoms with Gasteiger partial charge < -0.3 is 4.74 Å². The van der Waals surface area contributed by atoms with Crippen molar-refractivity contribution in [2.45, 2.75) is 6.61 Å². The van der Waals surface area contributed by atoms with Gasteiger partial charge >= 0.3 is 0 Å². The molecule has 0 aliphatic rings. The smallest absolute Gasteiger partial charge is 0.276 e. The molecule has 2 aromatic carbocycles. The maximum atomic E-state index is 13.2. The maximum Gasteiger partial charge on any atom is 0.276 e. The predicted octanol–water partition coefficient (Wildman–Crippen LogP) is 3.26. The van der Waals surface area contributed by atoms with Gasteiger partial charge in [0.1, 0.15) is 24.0 Å². The van der Waals surface area contributed by atoms with E-state index in [0.717, 1.165) is 30.3 Å². The number of aldehydes is 1. The largest absolute Gasteiger partial charge is 0.488 e. The second-order valence-electron chi connectivity index (χ2n) is 4.12. The Labute approximate surface area is 117 Å². The van der Waals surface area contributed by atoms with Crippen LogP contribution in [0.4, 0.5) is 14.5 Å².